The molecule has 0 N–H and O–H groups in total. The first-order valence-corrected chi connectivity index (χ1v) is 10.3. The number of imide groups is 1. The van der Waals surface area contributed by atoms with Crippen molar-refractivity contribution >= 4 is 38.6 Å². The van der Waals surface area contributed by atoms with Crippen LogP contribution in [0.2, 0.25) is 0 Å². The number of hydrogen-bond acceptors (Lipinski definition) is 6. The lowest BCUT2D eigenvalue weighted by Crippen LogP contribution is -2.46. The third-order valence-electron chi connectivity index (χ3n) is 5.70. The second-order valence-electron chi connectivity index (χ2n) is 7.45. The molecule has 7 nitrogen and oxygen atoms in total. The molecule has 3 heterocycles. The van der Waals surface area contributed by atoms with Crippen LogP contribution in [0.3, 0.4) is 0 Å². The number of thiazole rings is 1. The van der Waals surface area contributed by atoms with Crippen molar-refractivity contribution in [3.8, 4) is 5.75 Å². The number of urea groups is 1. The summed E-state index contributed by atoms with van der Waals surface area (Å²) in [6.45, 7) is 1.95. The van der Waals surface area contributed by atoms with Gasteiger partial charge in [-0.25, -0.2) is 9.78 Å². The number of piperidine rings is 1. The van der Waals surface area contributed by atoms with Crippen molar-refractivity contribution in [2.24, 2.45) is 0 Å². The van der Waals surface area contributed by atoms with Gasteiger partial charge in [-0.15, -0.1) is 0 Å². The Bertz CT molecular complexity index is 901. The lowest BCUT2D eigenvalue weighted by Gasteiger charge is -2.36. The van der Waals surface area contributed by atoms with Crippen molar-refractivity contribution in [2.75, 3.05) is 31.6 Å². The summed E-state index contributed by atoms with van der Waals surface area (Å²) in [7, 11) is 1.66. The molecule has 1 aromatic heterocycles. The molecule has 3 aliphatic rings. The van der Waals surface area contributed by atoms with Crippen LogP contribution in [0.1, 0.15) is 25.7 Å². The fraction of sp³-hybridized carbons (Fsp3) is 0.526. The van der Waals surface area contributed by atoms with Gasteiger partial charge in [0.2, 0.25) is 0 Å². The molecule has 0 atom stereocenters. The van der Waals surface area contributed by atoms with Crippen LogP contribution < -0.4 is 9.64 Å². The number of aromatic nitrogens is 1. The van der Waals surface area contributed by atoms with E-state index in [2.05, 4.69) is 4.90 Å². The molecule has 0 unspecified atom stereocenters. The second kappa shape index (κ2) is 6.37. The normalized spacial score (nSPS) is 21.6. The van der Waals surface area contributed by atoms with Crippen LogP contribution >= 0.6 is 11.3 Å². The van der Waals surface area contributed by atoms with E-state index in [1.165, 1.54) is 4.90 Å². The summed E-state index contributed by atoms with van der Waals surface area (Å²) in [5.74, 6) is 0.792. The summed E-state index contributed by atoms with van der Waals surface area (Å²) < 4.78 is 6.43. The van der Waals surface area contributed by atoms with Crippen molar-refractivity contribution in [3.05, 3.63) is 18.2 Å². The predicted molar refractivity (Wildman–Crippen MR) is 103 cm³/mol. The number of methoxy groups -OCH3 is 1. The summed E-state index contributed by atoms with van der Waals surface area (Å²) >= 11 is 1.69. The van der Waals surface area contributed by atoms with Gasteiger partial charge in [-0.1, -0.05) is 11.3 Å². The molecule has 27 heavy (non-hydrogen) atoms. The van der Waals surface area contributed by atoms with Crippen molar-refractivity contribution < 1.29 is 14.3 Å². The molecule has 8 heteroatoms. The Morgan fingerprint density at radius 3 is 2.59 bits per heavy atom. The highest BCUT2D eigenvalue weighted by molar-refractivity contribution is 7.22. The van der Waals surface area contributed by atoms with E-state index < -0.39 is 0 Å². The number of carbonyl (C=O) groups excluding carboxylic acids is 2. The van der Waals surface area contributed by atoms with E-state index in [-0.39, 0.29) is 30.6 Å². The molecule has 5 rings (SSSR count). The van der Waals surface area contributed by atoms with Gasteiger partial charge in [0, 0.05) is 31.2 Å². The van der Waals surface area contributed by atoms with Crippen LogP contribution in [0.4, 0.5) is 9.93 Å². The first kappa shape index (κ1) is 16.8. The van der Waals surface area contributed by atoms with E-state index in [9.17, 15) is 9.59 Å². The van der Waals surface area contributed by atoms with Gasteiger partial charge < -0.3 is 14.5 Å². The summed E-state index contributed by atoms with van der Waals surface area (Å²) in [4.78, 5) is 35.1. The molecule has 3 fully saturated rings. The van der Waals surface area contributed by atoms with Gasteiger partial charge in [-0.2, -0.15) is 0 Å². The lowest BCUT2D eigenvalue weighted by molar-refractivity contribution is -0.125. The fourth-order valence-electron chi connectivity index (χ4n) is 4.04. The van der Waals surface area contributed by atoms with E-state index in [0.29, 0.717) is 0 Å². The standard InChI is InChI=1S/C19H22N4O3S/c1-26-14-4-5-16-15(10-14)20-18(27-16)21-8-6-12(7-9-21)22-11-17(24)23(19(22)25)13-2-3-13/h4-5,10,12-13H,2-3,6-9,11H2,1H3. The number of anilines is 1. The van der Waals surface area contributed by atoms with Gasteiger partial charge in [-0.05, 0) is 37.8 Å². The van der Waals surface area contributed by atoms with Gasteiger partial charge in [0.05, 0.1) is 17.3 Å². The largest absolute Gasteiger partial charge is 0.497 e. The summed E-state index contributed by atoms with van der Waals surface area (Å²) in [5, 5.41) is 1.01. The first-order valence-electron chi connectivity index (χ1n) is 9.46. The number of carbonyl (C=O) groups is 2. The number of hydrogen-bond donors (Lipinski definition) is 0. The third-order valence-corrected chi connectivity index (χ3v) is 6.79. The molecule has 0 bridgehead atoms. The van der Waals surface area contributed by atoms with Crippen molar-refractivity contribution in [1.29, 1.82) is 0 Å². The number of rotatable bonds is 4. The molecule has 1 aromatic carbocycles. The molecule has 0 radical (unpaired) electrons. The monoisotopic (exact) mass is 386 g/mol. The Morgan fingerprint density at radius 2 is 1.89 bits per heavy atom. The average molecular weight is 386 g/mol. The Hall–Kier alpha value is -2.35. The maximum Gasteiger partial charge on any atom is 0.327 e. The number of fused-ring (bicyclic) bond motifs is 1. The quantitative estimate of drug-likeness (QED) is 0.756. The van der Waals surface area contributed by atoms with E-state index in [4.69, 9.17) is 9.72 Å². The van der Waals surface area contributed by atoms with Gasteiger partial charge >= 0.3 is 6.03 Å². The zero-order valence-electron chi connectivity index (χ0n) is 15.3. The van der Waals surface area contributed by atoms with Crippen LogP contribution in [-0.4, -0.2) is 65.5 Å². The molecule has 2 aromatic rings. The topological polar surface area (TPSA) is 66.0 Å². The van der Waals surface area contributed by atoms with Gasteiger partial charge in [-0.3, -0.25) is 9.69 Å². The molecule has 142 valence electrons. The van der Waals surface area contributed by atoms with E-state index in [1.54, 1.807) is 23.3 Å². The van der Waals surface area contributed by atoms with Crippen molar-refractivity contribution in [1.82, 2.24) is 14.8 Å². The summed E-state index contributed by atoms with van der Waals surface area (Å²) in [5.41, 5.74) is 0.955. The fourth-order valence-corrected chi connectivity index (χ4v) is 5.04. The molecule has 1 saturated carbocycles. The zero-order valence-corrected chi connectivity index (χ0v) is 16.1. The Balaban J connectivity index is 1.26. The molecule has 3 amide bonds. The number of benzene rings is 1. The van der Waals surface area contributed by atoms with E-state index >= 15 is 0 Å². The molecular formula is C19H22N4O3S. The zero-order chi connectivity index (χ0) is 18.5. The smallest absolute Gasteiger partial charge is 0.327 e. The number of nitrogens with zero attached hydrogens (tertiary/aromatic N) is 4. The molecule has 0 spiro atoms. The van der Waals surface area contributed by atoms with Gasteiger partial charge in [0.25, 0.3) is 5.91 Å². The SMILES string of the molecule is COc1ccc2sc(N3CCC(N4CC(=O)N(C5CC5)C4=O)CC3)nc2c1. The molecule has 1 aliphatic carbocycles. The summed E-state index contributed by atoms with van der Waals surface area (Å²) in [6.07, 6.45) is 3.67. The van der Waals surface area contributed by atoms with Crippen LogP contribution in [0.15, 0.2) is 18.2 Å². The van der Waals surface area contributed by atoms with Crippen molar-refractivity contribution in [3.63, 3.8) is 0 Å². The molecule has 2 saturated heterocycles. The van der Waals surface area contributed by atoms with E-state index in [0.717, 1.165) is 59.9 Å². The Kier molecular flexibility index (Phi) is 3.96. The van der Waals surface area contributed by atoms with Crippen LogP contribution in [0.5, 0.6) is 5.75 Å². The predicted octanol–water partition coefficient (Wildman–Crippen LogP) is 2.70. The minimum absolute atomic E-state index is 0.0231. The Labute approximate surface area is 161 Å². The highest BCUT2D eigenvalue weighted by atomic mass is 32.1. The Morgan fingerprint density at radius 1 is 1.11 bits per heavy atom. The van der Waals surface area contributed by atoms with Crippen LogP contribution in [0, 0.1) is 0 Å². The minimum Gasteiger partial charge on any atom is -0.497 e. The lowest BCUT2D eigenvalue weighted by atomic mass is 10.0. The molecule has 2 aliphatic heterocycles. The van der Waals surface area contributed by atoms with E-state index in [1.807, 2.05) is 18.2 Å². The highest BCUT2D eigenvalue weighted by Gasteiger charge is 2.47. The minimum atomic E-state index is -0.0759. The number of ether oxygens (including phenoxy) is 1. The first-order chi connectivity index (χ1) is 13.1. The maximum absolute atomic E-state index is 12.6. The highest BCUT2D eigenvalue weighted by Crippen LogP contribution is 2.35. The average Bonchev–Trinajstić information content (AvgIpc) is 3.35. The maximum atomic E-state index is 12.6. The second-order valence-corrected chi connectivity index (χ2v) is 8.46. The van der Waals surface area contributed by atoms with Crippen LogP contribution in [-0.2, 0) is 4.79 Å². The van der Waals surface area contributed by atoms with Crippen LogP contribution in [0.25, 0.3) is 10.2 Å². The third kappa shape index (κ3) is 2.92. The number of amides is 3. The molecular weight excluding hydrogens is 364 g/mol. The van der Waals surface area contributed by atoms with Gasteiger partial charge in [0.1, 0.15) is 12.3 Å². The summed E-state index contributed by atoms with van der Waals surface area (Å²) in [6, 6.07) is 6.20. The van der Waals surface area contributed by atoms with Gasteiger partial charge in [0.15, 0.2) is 5.13 Å². The van der Waals surface area contributed by atoms with Crippen molar-refractivity contribution in [2.45, 2.75) is 37.8 Å².